The first kappa shape index (κ1) is 19.4. The van der Waals surface area contributed by atoms with Crippen LogP contribution in [-0.2, 0) is 17.8 Å². The van der Waals surface area contributed by atoms with E-state index < -0.39 is 0 Å². The van der Waals surface area contributed by atoms with Crippen molar-refractivity contribution in [2.45, 2.75) is 38.1 Å². The summed E-state index contributed by atoms with van der Waals surface area (Å²) in [6.07, 6.45) is 5.31. The van der Waals surface area contributed by atoms with Crippen molar-refractivity contribution in [3.05, 3.63) is 47.8 Å². The summed E-state index contributed by atoms with van der Waals surface area (Å²) in [4.78, 5) is 16.8. The molecular weight excluding hydrogens is 340 g/mol. The predicted octanol–water partition coefficient (Wildman–Crippen LogP) is 2.28. The zero-order valence-corrected chi connectivity index (χ0v) is 16.3. The molecule has 1 amide bonds. The van der Waals surface area contributed by atoms with Gasteiger partial charge in [-0.2, -0.15) is 5.10 Å². The van der Waals surface area contributed by atoms with Gasteiger partial charge in [0, 0.05) is 51.4 Å². The fraction of sp³-hybridized carbons (Fsp3) is 0.524. The Bertz CT molecular complexity index is 739. The van der Waals surface area contributed by atoms with Crippen LogP contribution in [0.3, 0.4) is 0 Å². The lowest BCUT2D eigenvalue weighted by Crippen LogP contribution is -2.39. The number of nitrogens with zero attached hydrogens (tertiary/aromatic N) is 4. The van der Waals surface area contributed by atoms with Crippen molar-refractivity contribution in [1.82, 2.24) is 14.7 Å². The molecule has 27 heavy (non-hydrogen) atoms. The molecule has 2 heterocycles. The van der Waals surface area contributed by atoms with Gasteiger partial charge in [0.2, 0.25) is 5.91 Å². The summed E-state index contributed by atoms with van der Waals surface area (Å²) in [7, 11) is 4.05. The number of carbonyl (C=O) groups is 1. The lowest BCUT2D eigenvalue weighted by molar-refractivity contribution is -0.132. The minimum Gasteiger partial charge on any atom is -0.394 e. The molecule has 1 fully saturated rings. The van der Waals surface area contributed by atoms with Crippen LogP contribution in [0.5, 0.6) is 0 Å². The van der Waals surface area contributed by atoms with Gasteiger partial charge in [0.1, 0.15) is 0 Å². The fourth-order valence-corrected chi connectivity index (χ4v) is 3.64. The second-order valence-corrected chi connectivity index (χ2v) is 7.47. The van der Waals surface area contributed by atoms with Crippen molar-refractivity contribution in [2.75, 3.05) is 38.7 Å². The molecular formula is C21H30N4O2. The van der Waals surface area contributed by atoms with Crippen molar-refractivity contribution in [3.8, 4) is 0 Å². The standard InChI is InChI=1S/C21H30N4O2/c1-23(2)19-8-5-17(6-9-19)7-10-21(27)24-12-3-4-18(16-24)20-11-13-25(22-20)14-15-26/h5-6,8-9,11,13,18,26H,3-4,7,10,12,14-16H2,1-2H3/t18-/m1/s1. The summed E-state index contributed by atoms with van der Waals surface area (Å²) in [5.74, 6) is 0.521. The van der Waals surface area contributed by atoms with Crippen LogP contribution in [0.25, 0.3) is 0 Å². The second kappa shape index (κ2) is 9.04. The van der Waals surface area contributed by atoms with Gasteiger partial charge in [-0.05, 0) is 43.0 Å². The van der Waals surface area contributed by atoms with Gasteiger partial charge in [0.25, 0.3) is 0 Å². The summed E-state index contributed by atoms with van der Waals surface area (Å²) in [5.41, 5.74) is 3.40. The summed E-state index contributed by atoms with van der Waals surface area (Å²) in [6.45, 7) is 2.19. The van der Waals surface area contributed by atoms with E-state index in [1.165, 1.54) is 11.3 Å². The molecule has 0 aliphatic carbocycles. The molecule has 0 unspecified atom stereocenters. The average molecular weight is 370 g/mol. The fourth-order valence-electron chi connectivity index (χ4n) is 3.64. The Morgan fingerprint density at radius 2 is 2.04 bits per heavy atom. The van der Waals surface area contributed by atoms with Gasteiger partial charge in [0.05, 0.1) is 18.8 Å². The number of hydrogen-bond donors (Lipinski definition) is 1. The van der Waals surface area contributed by atoms with E-state index >= 15 is 0 Å². The number of piperidine rings is 1. The third kappa shape index (κ3) is 5.10. The van der Waals surface area contributed by atoms with Crippen LogP contribution < -0.4 is 4.90 Å². The van der Waals surface area contributed by atoms with E-state index in [4.69, 9.17) is 5.11 Å². The molecule has 0 radical (unpaired) electrons. The third-order valence-corrected chi connectivity index (χ3v) is 5.26. The van der Waals surface area contributed by atoms with Crippen LogP contribution in [-0.4, -0.2) is 59.5 Å². The van der Waals surface area contributed by atoms with E-state index in [-0.39, 0.29) is 12.5 Å². The second-order valence-electron chi connectivity index (χ2n) is 7.47. The highest BCUT2D eigenvalue weighted by molar-refractivity contribution is 5.76. The van der Waals surface area contributed by atoms with Gasteiger partial charge >= 0.3 is 0 Å². The topological polar surface area (TPSA) is 61.6 Å². The van der Waals surface area contributed by atoms with Crippen molar-refractivity contribution in [1.29, 1.82) is 0 Å². The summed E-state index contributed by atoms with van der Waals surface area (Å²) < 4.78 is 1.77. The maximum absolute atomic E-state index is 12.7. The molecule has 146 valence electrons. The molecule has 1 aliphatic rings. The average Bonchev–Trinajstić information content (AvgIpc) is 3.15. The number of aryl methyl sites for hydroxylation is 1. The van der Waals surface area contributed by atoms with Crippen molar-refractivity contribution in [3.63, 3.8) is 0 Å². The number of likely N-dealkylation sites (tertiary alicyclic amines) is 1. The first-order valence-corrected chi connectivity index (χ1v) is 9.75. The van der Waals surface area contributed by atoms with Gasteiger partial charge < -0.3 is 14.9 Å². The number of anilines is 1. The summed E-state index contributed by atoms with van der Waals surface area (Å²) >= 11 is 0. The first-order valence-electron chi connectivity index (χ1n) is 9.75. The minimum atomic E-state index is 0.0892. The Kier molecular flexibility index (Phi) is 6.50. The maximum Gasteiger partial charge on any atom is 0.222 e. The van der Waals surface area contributed by atoms with Crippen LogP contribution in [0, 0.1) is 0 Å². The Morgan fingerprint density at radius 1 is 1.26 bits per heavy atom. The van der Waals surface area contributed by atoms with Crippen molar-refractivity contribution in [2.24, 2.45) is 0 Å². The molecule has 0 saturated carbocycles. The van der Waals surface area contributed by atoms with Crippen molar-refractivity contribution < 1.29 is 9.90 Å². The highest BCUT2D eigenvalue weighted by Crippen LogP contribution is 2.26. The summed E-state index contributed by atoms with van der Waals surface area (Å²) in [5, 5.41) is 13.6. The number of hydrogen-bond acceptors (Lipinski definition) is 4. The molecule has 1 aromatic heterocycles. The number of carbonyl (C=O) groups excluding carboxylic acids is 1. The van der Waals surface area contributed by atoms with Crippen LogP contribution in [0.4, 0.5) is 5.69 Å². The summed E-state index contributed by atoms with van der Waals surface area (Å²) in [6, 6.07) is 10.4. The Labute approximate surface area is 161 Å². The molecule has 1 N–H and O–H groups in total. The molecule has 1 aliphatic heterocycles. The van der Waals surface area contributed by atoms with Gasteiger partial charge in [-0.25, -0.2) is 0 Å². The van der Waals surface area contributed by atoms with E-state index in [9.17, 15) is 4.79 Å². The van der Waals surface area contributed by atoms with E-state index in [1.807, 2.05) is 31.3 Å². The van der Waals surface area contributed by atoms with Crippen LogP contribution in [0.1, 0.15) is 36.4 Å². The van der Waals surface area contributed by atoms with E-state index in [0.717, 1.165) is 38.0 Å². The number of aliphatic hydroxyl groups excluding tert-OH is 1. The molecule has 0 spiro atoms. The van der Waals surface area contributed by atoms with Gasteiger partial charge in [-0.1, -0.05) is 12.1 Å². The number of amides is 1. The largest absolute Gasteiger partial charge is 0.394 e. The molecule has 2 aromatic rings. The molecule has 1 aromatic carbocycles. The molecule has 6 nitrogen and oxygen atoms in total. The smallest absolute Gasteiger partial charge is 0.222 e. The zero-order chi connectivity index (χ0) is 19.2. The van der Waals surface area contributed by atoms with Crippen LogP contribution in [0.15, 0.2) is 36.5 Å². The number of aliphatic hydroxyl groups is 1. The molecule has 1 atom stereocenters. The van der Waals surface area contributed by atoms with E-state index in [1.54, 1.807) is 4.68 Å². The number of rotatable bonds is 7. The molecule has 0 bridgehead atoms. The monoisotopic (exact) mass is 370 g/mol. The Hall–Kier alpha value is -2.34. The first-order chi connectivity index (χ1) is 13.1. The Morgan fingerprint density at radius 3 is 2.74 bits per heavy atom. The normalized spacial score (nSPS) is 17.1. The molecule has 3 rings (SSSR count). The lowest BCUT2D eigenvalue weighted by Gasteiger charge is -2.32. The number of benzene rings is 1. The quantitative estimate of drug-likeness (QED) is 0.812. The Balaban J connectivity index is 1.53. The van der Waals surface area contributed by atoms with Crippen molar-refractivity contribution >= 4 is 11.6 Å². The lowest BCUT2D eigenvalue weighted by atomic mass is 9.94. The zero-order valence-electron chi connectivity index (χ0n) is 16.3. The molecule has 1 saturated heterocycles. The van der Waals surface area contributed by atoms with Gasteiger partial charge in [-0.15, -0.1) is 0 Å². The van der Waals surface area contributed by atoms with Gasteiger partial charge in [-0.3, -0.25) is 9.48 Å². The van der Waals surface area contributed by atoms with Gasteiger partial charge in [0.15, 0.2) is 0 Å². The third-order valence-electron chi connectivity index (χ3n) is 5.26. The highest BCUT2D eigenvalue weighted by Gasteiger charge is 2.26. The SMILES string of the molecule is CN(C)c1ccc(CCC(=O)N2CCC[C@@H](c3ccn(CCO)n3)C2)cc1. The predicted molar refractivity (Wildman–Crippen MR) is 107 cm³/mol. The number of aromatic nitrogens is 2. The molecule has 6 heteroatoms. The van der Waals surface area contributed by atoms with E-state index in [0.29, 0.717) is 18.9 Å². The highest BCUT2D eigenvalue weighted by atomic mass is 16.3. The van der Waals surface area contributed by atoms with Crippen LogP contribution >= 0.6 is 0 Å². The van der Waals surface area contributed by atoms with E-state index in [2.05, 4.69) is 34.3 Å². The minimum absolute atomic E-state index is 0.0892. The van der Waals surface area contributed by atoms with Crippen LogP contribution in [0.2, 0.25) is 0 Å². The maximum atomic E-state index is 12.7.